The SMILES string of the molecule is Cn1cc(Cc2ccc(CN)o2)c2ccccc21. The van der Waals surface area contributed by atoms with Gasteiger partial charge in [0, 0.05) is 30.6 Å². The van der Waals surface area contributed by atoms with E-state index >= 15 is 0 Å². The minimum absolute atomic E-state index is 0.454. The summed E-state index contributed by atoms with van der Waals surface area (Å²) < 4.78 is 7.81. The Kier molecular flexibility index (Phi) is 2.68. The molecule has 0 aliphatic rings. The molecule has 3 aromatic rings. The second kappa shape index (κ2) is 4.35. The predicted octanol–water partition coefficient (Wildman–Crippen LogP) is 2.82. The van der Waals surface area contributed by atoms with E-state index < -0.39 is 0 Å². The zero-order valence-corrected chi connectivity index (χ0v) is 10.4. The molecule has 0 bridgehead atoms. The van der Waals surface area contributed by atoms with Gasteiger partial charge in [-0.3, -0.25) is 0 Å². The fourth-order valence-electron chi connectivity index (χ4n) is 2.38. The van der Waals surface area contributed by atoms with Crippen LogP contribution < -0.4 is 5.73 Å². The summed E-state index contributed by atoms with van der Waals surface area (Å²) in [5.74, 6) is 1.80. The van der Waals surface area contributed by atoms with E-state index in [1.54, 1.807) is 0 Å². The molecule has 1 aromatic carbocycles. The molecule has 0 radical (unpaired) electrons. The molecule has 0 saturated heterocycles. The first kappa shape index (κ1) is 11.1. The van der Waals surface area contributed by atoms with E-state index in [9.17, 15) is 0 Å². The van der Waals surface area contributed by atoms with E-state index in [4.69, 9.17) is 10.2 Å². The summed E-state index contributed by atoms with van der Waals surface area (Å²) in [5, 5.41) is 1.28. The summed E-state index contributed by atoms with van der Waals surface area (Å²) in [7, 11) is 2.07. The summed E-state index contributed by atoms with van der Waals surface area (Å²) in [5.41, 5.74) is 8.08. The zero-order chi connectivity index (χ0) is 12.5. The largest absolute Gasteiger partial charge is 0.464 e. The fraction of sp³-hybridized carbons (Fsp3) is 0.200. The van der Waals surface area contributed by atoms with Gasteiger partial charge in [-0.15, -0.1) is 0 Å². The number of aromatic nitrogens is 1. The van der Waals surface area contributed by atoms with Crippen molar-refractivity contribution in [2.24, 2.45) is 12.8 Å². The highest BCUT2D eigenvalue weighted by Crippen LogP contribution is 2.23. The van der Waals surface area contributed by atoms with Crippen molar-refractivity contribution in [3.8, 4) is 0 Å². The number of nitrogens with zero attached hydrogens (tertiary/aromatic N) is 1. The van der Waals surface area contributed by atoms with Gasteiger partial charge in [-0.2, -0.15) is 0 Å². The number of fused-ring (bicyclic) bond motifs is 1. The van der Waals surface area contributed by atoms with Crippen LogP contribution in [-0.2, 0) is 20.0 Å². The molecule has 0 unspecified atom stereocenters. The van der Waals surface area contributed by atoms with Gasteiger partial charge in [0.15, 0.2) is 0 Å². The van der Waals surface area contributed by atoms with E-state index in [1.165, 1.54) is 16.5 Å². The lowest BCUT2D eigenvalue weighted by Crippen LogP contribution is -1.93. The first-order valence-electron chi connectivity index (χ1n) is 6.08. The number of para-hydroxylation sites is 1. The van der Waals surface area contributed by atoms with Crippen LogP contribution in [0.3, 0.4) is 0 Å². The van der Waals surface area contributed by atoms with Crippen molar-refractivity contribution in [3.05, 3.63) is 59.7 Å². The molecule has 2 aromatic heterocycles. The van der Waals surface area contributed by atoms with Gasteiger partial charge in [0.2, 0.25) is 0 Å². The van der Waals surface area contributed by atoms with Gasteiger partial charge in [0.1, 0.15) is 11.5 Å². The molecule has 0 aliphatic carbocycles. The molecular formula is C15H16N2O. The maximum absolute atomic E-state index is 5.66. The maximum atomic E-state index is 5.66. The van der Waals surface area contributed by atoms with Gasteiger partial charge < -0.3 is 14.7 Å². The number of hydrogen-bond donors (Lipinski definition) is 1. The number of hydrogen-bond acceptors (Lipinski definition) is 2. The standard InChI is InChI=1S/C15H16N2O/c1-17-10-11(14-4-2-3-5-15(14)17)8-12-6-7-13(9-16)18-12/h2-7,10H,8-9,16H2,1H3. The number of nitrogens with two attached hydrogens (primary N) is 1. The van der Waals surface area contributed by atoms with Crippen LogP contribution in [0.4, 0.5) is 0 Å². The van der Waals surface area contributed by atoms with E-state index in [0.29, 0.717) is 6.54 Å². The zero-order valence-electron chi connectivity index (χ0n) is 10.4. The number of aryl methyl sites for hydroxylation is 1. The van der Waals surface area contributed by atoms with Crippen LogP contribution in [0.15, 0.2) is 47.0 Å². The van der Waals surface area contributed by atoms with Gasteiger partial charge >= 0.3 is 0 Å². The van der Waals surface area contributed by atoms with E-state index in [2.05, 4.69) is 42.1 Å². The molecule has 3 rings (SSSR count). The van der Waals surface area contributed by atoms with Crippen molar-refractivity contribution in [1.29, 1.82) is 0 Å². The lowest BCUT2D eigenvalue weighted by atomic mass is 10.1. The first-order valence-corrected chi connectivity index (χ1v) is 6.08. The Balaban J connectivity index is 1.99. The second-order valence-electron chi connectivity index (χ2n) is 4.53. The van der Waals surface area contributed by atoms with Crippen molar-refractivity contribution in [3.63, 3.8) is 0 Å². The van der Waals surface area contributed by atoms with Gasteiger partial charge in [-0.25, -0.2) is 0 Å². The van der Waals surface area contributed by atoms with Gasteiger partial charge in [0.25, 0.3) is 0 Å². The molecule has 0 fully saturated rings. The number of rotatable bonds is 3. The van der Waals surface area contributed by atoms with Crippen LogP contribution in [0.1, 0.15) is 17.1 Å². The molecule has 3 nitrogen and oxygen atoms in total. The molecule has 0 amide bonds. The molecule has 3 heteroatoms. The molecular weight excluding hydrogens is 224 g/mol. The van der Waals surface area contributed by atoms with Crippen molar-refractivity contribution in [1.82, 2.24) is 4.57 Å². The van der Waals surface area contributed by atoms with Gasteiger partial charge in [-0.05, 0) is 23.8 Å². The van der Waals surface area contributed by atoms with Crippen molar-refractivity contribution in [2.75, 3.05) is 0 Å². The average Bonchev–Trinajstić information content (AvgIpc) is 2.97. The van der Waals surface area contributed by atoms with Crippen LogP contribution >= 0.6 is 0 Å². The maximum Gasteiger partial charge on any atom is 0.117 e. The predicted molar refractivity (Wildman–Crippen MR) is 72.3 cm³/mol. The Hall–Kier alpha value is -2.00. The highest BCUT2D eigenvalue weighted by atomic mass is 16.3. The minimum atomic E-state index is 0.454. The third kappa shape index (κ3) is 1.83. The monoisotopic (exact) mass is 240 g/mol. The van der Waals surface area contributed by atoms with Crippen molar-refractivity contribution in [2.45, 2.75) is 13.0 Å². The summed E-state index contributed by atoms with van der Waals surface area (Å²) in [4.78, 5) is 0. The highest BCUT2D eigenvalue weighted by Gasteiger charge is 2.08. The summed E-state index contributed by atoms with van der Waals surface area (Å²) in [6, 6.07) is 12.4. The molecule has 18 heavy (non-hydrogen) atoms. The molecule has 0 saturated carbocycles. The van der Waals surface area contributed by atoms with E-state index in [1.807, 2.05) is 12.1 Å². The Morgan fingerprint density at radius 2 is 1.89 bits per heavy atom. The molecule has 2 N–H and O–H groups in total. The fourth-order valence-corrected chi connectivity index (χ4v) is 2.38. The summed E-state index contributed by atoms with van der Waals surface area (Å²) in [6.45, 7) is 0.454. The van der Waals surface area contributed by atoms with Crippen molar-refractivity contribution < 1.29 is 4.42 Å². The highest BCUT2D eigenvalue weighted by molar-refractivity contribution is 5.84. The summed E-state index contributed by atoms with van der Waals surface area (Å²) in [6.07, 6.45) is 2.97. The van der Waals surface area contributed by atoms with E-state index in [0.717, 1.165) is 17.9 Å². The van der Waals surface area contributed by atoms with Crippen LogP contribution in [-0.4, -0.2) is 4.57 Å². The van der Waals surface area contributed by atoms with Crippen molar-refractivity contribution >= 4 is 10.9 Å². The Morgan fingerprint density at radius 3 is 2.67 bits per heavy atom. The summed E-state index contributed by atoms with van der Waals surface area (Å²) >= 11 is 0. The molecule has 0 atom stereocenters. The van der Waals surface area contributed by atoms with Gasteiger partial charge in [0.05, 0.1) is 6.54 Å². The molecule has 0 aliphatic heterocycles. The lowest BCUT2D eigenvalue weighted by molar-refractivity contribution is 0.475. The topological polar surface area (TPSA) is 44.1 Å². The van der Waals surface area contributed by atoms with E-state index in [-0.39, 0.29) is 0 Å². The Bertz CT molecular complexity index is 679. The number of benzene rings is 1. The minimum Gasteiger partial charge on any atom is -0.464 e. The van der Waals surface area contributed by atoms with Gasteiger partial charge in [-0.1, -0.05) is 18.2 Å². The quantitative estimate of drug-likeness (QED) is 0.765. The average molecular weight is 240 g/mol. The second-order valence-corrected chi connectivity index (χ2v) is 4.53. The molecule has 0 spiro atoms. The molecule has 2 heterocycles. The smallest absolute Gasteiger partial charge is 0.117 e. The normalized spacial score (nSPS) is 11.2. The number of furan rings is 1. The van der Waals surface area contributed by atoms with Crippen LogP contribution in [0.5, 0.6) is 0 Å². The first-order chi connectivity index (χ1) is 8.78. The lowest BCUT2D eigenvalue weighted by Gasteiger charge is -1.96. The Morgan fingerprint density at radius 1 is 1.11 bits per heavy atom. The van der Waals surface area contributed by atoms with Crippen LogP contribution in [0, 0.1) is 0 Å². The third-order valence-electron chi connectivity index (χ3n) is 3.26. The van der Waals surface area contributed by atoms with Crippen LogP contribution in [0.2, 0.25) is 0 Å². The molecule has 92 valence electrons. The third-order valence-corrected chi connectivity index (χ3v) is 3.26. The Labute approximate surface area is 106 Å². The van der Waals surface area contributed by atoms with Crippen LogP contribution in [0.25, 0.3) is 10.9 Å².